The second-order valence-corrected chi connectivity index (χ2v) is 3.49. The van der Waals surface area contributed by atoms with Gasteiger partial charge in [0.25, 0.3) is 0 Å². The van der Waals surface area contributed by atoms with E-state index in [2.05, 4.69) is 10.2 Å². The molecule has 0 saturated carbocycles. The van der Waals surface area contributed by atoms with Crippen molar-refractivity contribution in [3.05, 3.63) is 11.6 Å². The molecule has 7 nitrogen and oxygen atoms in total. The lowest BCUT2D eigenvalue weighted by atomic mass is 10.2. The summed E-state index contributed by atoms with van der Waals surface area (Å²) < 4.78 is 6.27. The van der Waals surface area contributed by atoms with Gasteiger partial charge in [0.05, 0.1) is 6.10 Å². The monoisotopic (exact) mass is 229 g/mol. The number of aryl methyl sites for hydroxylation is 1. The molecule has 1 heterocycles. The fourth-order valence-corrected chi connectivity index (χ4v) is 1.54. The highest BCUT2D eigenvalue weighted by Gasteiger charge is 2.29. The van der Waals surface area contributed by atoms with E-state index >= 15 is 0 Å². The molecular weight excluding hydrogens is 214 g/mol. The van der Waals surface area contributed by atoms with Crippen LogP contribution in [-0.4, -0.2) is 44.2 Å². The van der Waals surface area contributed by atoms with Gasteiger partial charge in [-0.3, -0.25) is 4.57 Å². The molecule has 2 atom stereocenters. The van der Waals surface area contributed by atoms with E-state index in [1.165, 1.54) is 18.6 Å². The first-order chi connectivity index (χ1) is 7.49. The SMILES string of the molecule is COCc1nnc(C)n1C(C(=O)O)C(C)O. The summed E-state index contributed by atoms with van der Waals surface area (Å²) >= 11 is 0. The number of aromatic nitrogens is 3. The van der Waals surface area contributed by atoms with Gasteiger partial charge in [0, 0.05) is 7.11 Å². The maximum Gasteiger partial charge on any atom is 0.329 e. The highest BCUT2D eigenvalue weighted by atomic mass is 16.5. The summed E-state index contributed by atoms with van der Waals surface area (Å²) in [4.78, 5) is 11.1. The van der Waals surface area contributed by atoms with Crippen molar-refractivity contribution in [3.8, 4) is 0 Å². The third-order valence-corrected chi connectivity index (χ3v) is 2.20. The van der Waals surface area contributed by atoms with E-state index in [0.29, 0.717) is 11.6 Å². The summed E-state index contributed by atoms with van der Waals surface area (Å²) in [5.74, 6) is -0.316. The molecule has 1 aromatic heterocycles. The fourth-order valence-electron chi connectivity index (χ4n) is 1.54. The standard InChI is InChI=1S/C9H15N3O4/c1-5(13)8(9(14)15)12-6(2)10-11-7(12)4-16-3/h5,8,13H,4H2,1-3H3,(H,14,15). The van der Waals surface area contributed by atoms with Crippen molar-refractivity contribution < 1.29 is 19.7 Å². The van der Waals surface area contributed by atoms with Crippen molar-refractivity contribution in [2.24, 2.45) is 0 Å². The molecule has 0 radical (unpaired) electrons. The second-order valence-electron chi connectivity index (χ2n) is 3.49. The molecule has 0 aliphatic heterocycles. The normalized spacial score (nSPS) is 14.8. The molecule has 16 heavy (non-hydrogen) atoms. The summed E-state index contributed by atoms with van der Waals surface area (Å²) in [6.45, 7) is 3.19. The van der Waals surface area contributed by atoms with E-state index in [9.17, 15) is 9.90 Å². The average Bonchev–Trinajstić information content (AvgIpc) is 2.50. The maximum absolute atomic E-state index is 11.1. The summed E-state index contributed by atoms with van der Waals surface area (Å²) in [7, 11) is 1.48. The number of carbonyl (C=O) groups is 1. The molecule has 1 aromatic rings. The van der Waals surface area contributed by atoms with E-state index in [-0.39, 0.29) is 6.61 Å². The number of rotatable bonds is 5. The topological polar surface area (TPSA) is 97.5 Å². The molecule has 2 unspecified atom stereocenters. The number of ether oxygens (including phenoxy) is 1. The van der Waals surface area contributed by atoms with Crippen LogP contribution < -0.4 is 0 Å². The van der Waals surface area contributed by atoms with Crippen LogP contribution in [0.2, 0.25) is 0 Å². The van der Waals surface area contributed by atoms with E-state index in [1.54, 1.807) is 6.92 Å². The Bertz CT molecular complexity index is 375. The van der Waals surface area contributed by atoms with Gasteiger partial charge in [0.2, 0.25) is 0 Å². The third-order valence-electron chi connectivity index (χ3n) is 2.20. The van der Waals surface area contributed by atoms with Crippen LogP contribution in [0.3, 0.4) is 0 Å². The lowest BCUT2D eigenvalue weighted by Crippen LogP contribution is -2.31. The van der Waals surface area contributed by atoms with Crippen LogP contribution in [0.5, 0.6) is 0 Å². The van der Waals surface area contributed by atoms with Crippen LogP contribution in [0.1, 0.15) is 24.6 Å². The van der Waals surface area contributed by atoms with Crippen molar-refractivity contribution >= 4 is 5.97 Å². The Morgan fingerprint density at radius 2 is 2.19 bits per heavy atom. The number of carboxylic acids is 1. The number of aliphatic carboxylic acids is 1. The largest absolute Gasteiger partial charge is 0.480 e. The third kappa shape index (κ3) is 2.37. The van der Waals surface area contributed by atoms with Gasteiger partial charge in [-0.1, -0.05) is 0 Å². The Kier molecular flexibility index (Phi) is 3.97. The molecule has 0 fully saturated rings. The minimum absolute atomic E-state index is 0.150. The molecule has 0 amide bonds. The maximum atomic E-state index is 11.1. The Balaban J connectivity index is 3.16. The van der Waals surface area contributed by atoms with Crippen molar-refractivity contribution in [1.82, 2.24) is 14.8 Å². The first-order valence-corrected chi connectivity index (χ1v) is 4.79. The van der Waals surface area contributed by atoms with Gasteiger partial charge >= 0.3 is 5.97 Å². The second kappa shape index (κ2) is 5.04. The lowest BCUT2D eigenvalue weighted by Gasteiger charge is -2.19. The van der Waals surface area contributed by atoms with Crippen LogP contribution in [0.4, 0.5) is 0 Å². The number of hydrogen-bond donors (Lipinski definition) is 2. The Morgan fingerprint density at radius 3 is 2.62 bits per heavy atom. The molecule has 90 valence electrons. The molecule has 1 rings (SSSR count). The number of nitrogens with zero attached hydrogens (tertiary/aromatic N) is 3. The van der Waals surface area contributed by atoms with Gasteiger partial charge in [0.1, 0.15) is 12.4 Å². The van der Waals surface area contributed by atoms with Crippen molar-refractivity contribution in [2.75, 3.05) is 7.11 Å². The van der Waals surface area contributed by atoms with Gasteiger partial charge in [-0.15, -0.1) is 10.2 Å². The van der Waals surface area contributed by atoms with Crippen LogP contribution >= 0.6 is 0 Å². The predicted molar refractivity (Wildman–Crippen MR) is 53.8 cm³/mol. The summed E-state index contributed by atoms with van der Waals surface area (Å²) in [5.41, 5.74) is 0. The van der Waals surface area contributed by atoms with E-state index in [0.717, 1.165) is 0 Å². The Hall–Kier alpha value is -1.47. The zero-order valence-electron chi connectivity index (χ0n) is 9.41. The molecule has 2 N–H and O–H groups in total. The van der Waals surface area contributed by atoms with Crippen LogP contribution in [0.15, 0.2) is 0 Å². The number of aliphatic hydroxyl groups is 1. The Morgan fingerprint density at radius 1 is 1.56 bits per heavy atom. The van der Waals surface area contributed by atoms with E-state index in [4.69, 9.17) is 9.84 Å². The first-order valence-electron chi connectivity index (χ1n) is 4.79. The minimum Gasteiger partial charge on any atom is -0.480 e. The van der Waals surface area contributed by atoms with E-state index < -0.39 is 18.1 Å². The van der Waals surface area contributed by atoms with Crippen LogP contribution in [0, 0.1) is 6.92 Å². The van der Waals surface area contributed by atoms with Crippen LogP contribution in [0.25, 0.3) is 0 Å². The summed E-state index contributed by atoms with van der Waals surface area (Å²) in [6.07, 6.45) is -1.04. The number of methoxy groups -OCH3 is 1. The van der Waals surface area contributed by atoms with Crippen molar-refractivity contribution in [1.29, 1.82) is 0 Å². The molecule has 0 aromatic carbocycles. The van der Waals surface area contributed by atoms with Gasteiger partial charge in [-0.2, -0.15) is 0 Å². The number of aliphatic hydroxyl groups excluding tert-OH is 1. The zero-order chi connectivity index (χ0) is 12.3. The zero-order valence-corrected chi connectivity index (χ0v) is 9.41. The van der Waals surface area contributed by atoms with E-state index in [1.807, 2.05) is 0 Å². The van der Waals surface area contributed by atoms with Crippen LogP contribution in [-0.2, 0) is 16.1 Å². The van der Waals surface area contributed by atoms with Gasteiger partial charge in [-0.05, 0) is 13.8 Å². The number of carboxylic acid groups (broad SMARTS) is 1. The van der Waals surface area contributed by atoms with Crippen molar-refractivity contribution in [3.63, 3.8) is 0 Å². The molecule has 0 bridgehead atoms. The predicted octanol–water partition coefficient (Wildman–Crippen LogP) is -0.261. The van der Waals surface area contributed by atoms with Gasteiger partial charge in [-0.25, -0.2) is 4.79 Å². The summed E-state index contributed by atoms with van der Waals surface area (Å²) in [6, 6.07) is -1.10. The fraction of sp³-hybridized carbons (Fsp3) is 0.667. The highest BCUT2D eigenvalue weighted by Crippen LogP contribution is 2.17. The minimum atomic E-state index is -1.13. The lowest BCUT2D eigenvalue weighted by molar-refractivity contribution is -0.144. The first kappa shape index (κ1) is 12.6. The molecule has 7 heteroatoms. The molecule has 0 aliphatic carbocycles. The molecule has 0 spiro atoms. The molecule has 0 saturated heterocycles. The quantitative estimate of drug-likeness (QED) is 0.722. The molecular formula is C9H15N3O4. The van der Waals surface area contributed by atoms with Gasteiger partial charge in [0.15, 0.2) is 11.9 Å². The average molecular weight is 229 g/mol. The Labute approximate surface area is 92.7 Å². The summed E-state index contributed by atoms with van der Waals surface area (Å²) in [5, 5.41) is 26.1. The highest BCUT2D eigenvalue weighted by molar-refractivity contribution is 5.72. The van der Waals surface area contributed by atoms with Crippen molar-refractivity contribution in [2.45, 2.75) is 32.6 Å². The number of hydrogen-bond acceptors (Lipinski definition) is 5. The smallest absolute Gasteiger partial charge is 0.329 e. The van der Waals surface area contributed by atoms with Gasteiger partial charge < -0.3 is 14.9 Å². The molecule has 0 aliphatic rings.